The van der Waals surface area contributed by atoms with Crippen molar-refractivity contribution in [3.8, 4) is 0 Å². The summed E-state index contributed by atoms with van der Waals surface area (Å²) in [4.78, 5) is 50.5. The lowest BCUT2D eigenvalue weighted by Gasteiger charge is -2.37. The molecule has 0 aromatic heterocycles. The van der Waals surface area contributed by atoms with Crippen LogP contribution in [0, 0.1) is 11.8 Å². The number of alkyl halides is 1. The van der Waals surface area contributed by atoms with Crippen LogP contribution in [0.4, 0.5) is 11.4 Å². The van der Waals surface area contributed by atoms with E-state index in [1.165, 1.54) is 0 Å². The lowest BCUT2D eigenvalue weighted by molar-refractivity contribution is -0.145. The van der Waals surface area contributed by atoms with Crippen molar-refractivity contribution in [2.75, 3.05) is 49.1 Å². The van der Waals surface area contributed by atoms with Gasteiger partial charge in [0.15, 0.2) is 0 Å². The first-order valence-corrected chi connectivity index (χ1v) is 17.1. The third-order valence-corrected chi connectivity index (χ3v) is 10.5. The van der Waals surface area contributed by atoms with Crippen LogP contribution in [0.5, 0.6) is 0 Å². The summed E-state index contributed by atoms with van der Waals surface area (Å²) in [5, 5.41) is 9.75. The van der Waals surface area contributed by atoms with Crippen molar-refractivity contribution in [1.29, 1.82) is 0 Å². The molecule has 1 spiro atoms. The number of carbonyl (C=O) groups excluding carboxylic acids is 3. The molecule has 3 unspecified atom stereocenters. The van der Waals surface area contributed by atoms with E-state index in [2.05, 4.69) is 47.8 Å². The third-order valence-electron chi connectivity index (χ3n) is 9.61. The van der Waals surface area contributed by atoms with Gasteiger partial charge in [-0.25, -0.2) is 0 Å². The van der Waals surface area contributed by atoms with Crippen LogP contribution in [-0.4, -0.2) is 94.5 Å². The van der Waals surface area contributed by atoms with Crippen molar-refractivity contribution in [1.82, 2.24) is 9.80 Å². The minimum atomic E-state index is -1.20. The van der Waals surface area contributed by atoms with Crippen LogP contribution < -0.4 is 9.80 Å². The Morgan fingerprint density at radius 3 is 2.28 bits per heavy atom. The van der Waals surface area contributed by atoms with Crippen molar-refractivity contribution in [3.63, 3.8) is 0 Å². The number of hydrogen-bond donors (Lipinski definition) is 1. The fourth-order valence-corrected chi connectivity index (χ4v) is 8.55. The van der Waals surface area contributed by atoms with E-state index in [-0.39, 0.29) is 42.2 Å². The quantitative estimate of drug-likeness (QED) is 0.220. The zero-order valence-corrected chi connectivity index (χ0v) is 28.3. The van der Waals surface area contributed by atoms with Crippen LogP contribution in [0.3, 0.4) is 0 Å². The summed E-state index contributed by atoms with van der Waals surface area (Å²) < 4.78 is 6.74. The number of nitrogens with zero attached hydrogens (tertiary/aromatic N) is 4. The SMILES string of the molecule is C=CCN(Cc1ccccc1)C(=O)[C@H]1[C@H]2C(=O)N(CCCO)C(C(=O)N(CC=C)c3ccc(N(CC)CC)cc3)C23CC(Br)[C@@H]1O3. The molecule has 6 atom stereocenters. The molecule has 2 bridgehead atoms. The van der Waals surface area contributed by atoms with Crippen LogP contribution in [-0.2, 0) is 25.7 Å². The highest BCUT2D eigenvalue weighted by Gasteiger charge is 2.76. The van der Waals surface area contributed by atoms with Gasteiger partial charge in [0, 0.05) is 62.1 Å². The molecule has 3 heterocycles. The number of aliphatic hydroxyl groups excluding tert-OH is 1. The highest BCUT2D eigenvalue weighted by Crippen LogP contribution is 2.60. The van der Waals surface area contributed by atoms with E-state index in [0.717, 1.165) is 24.3 Å². The summed E-state index contributed by atoms with van der Waals surface area (Å²) in [7, 11) is 0. The maximum atomic E-state index is 14.8. The first-order chi connectivity index (χ1) is 22.3. The number of aliphatic hydroxyl groups is 1. The molecule has 1 N–H and O–H groups in total. The minimum Gasteiger partial charge on any atom is -0.396 e. The number of rotatable bonds is 15. The molecular formula is C36H45BrN4O5. The second-order valence-electron chi connectivity index (χ2n) is 12.2. The predicted octanol–water partition coefficient (Wildman–Crippen LogP) is 4.40. The standard InChI is InChI=1S/C36H45BrN4O5/c1-5-19-39(24-25-13-10-9-11-14-25)33(43)29-30-34(44)41(21-12-22-42)32(36(30)23-28(37)31(29)46-36)35(45)40(20-6-2)27-17-15-26(16-18-27)38(7-3)8-4/h5-6,9-11,13-18,28-32,42H,1-2,7-8,12,19-24H2,3-4H3/t28?,29-,30-,31-,32?,36?/m0/s1. The van der Waals surface area contributed by atoms with Gasteiger partial charge in [-0.15, -0.1) is 13.2 Å². The molecule has 9 nitrogen and oxygen atoms in total. The number of benzene rings is 2. The normalized spacial score (nSPS) is 26.1. The van der Waals surface area contributed by atoms with Crippen LogP contribution >= 0.6 is 15.9 Å². The molecule has 3 aliphatic heterocycles. The van der Waals surface area contributed by atoms with E-state index in [1.54, 1.807) is 26.9 Å². The summed E-state index contributed by atoms with van der Waals surface area (Å²) in [5.74, 6) is -2.36. The van der Waals surface area contributed by atoms with Gasteiger partial charge in [0.1, 0.15) is 11.6 Å². The lowest BCUT2D eigenvalue weighted by Crippen LogP contribution is -2.57. The number of likely N-dealkylation sites (tertiary alicyclic amines) is 1. The Bertz CT molecular complexity index is 1420. The molecule has 3 fully saturated rings. The van der Waals surface area contributed by atoms with Crippen molar-refractivity contribution >= 4 is 45.0 Å². The smallest absolute Gasteiger partial charge is 0.253 e. The molecule has 46 heavy (non-hydrogen) atoms. The molecule has 0 aliphatic carbocycles. The number of halogens is 1. The summed E-state index contributed by atoms with van der Waals surface area (Å²) in [5.41, 5.74) is 1.51. The number of hydrogen-bond acceptors (Lipinski definition) is 6. The van der Waals surface area contributed by atoms with Gasteiger partial charge in [-0.2, -0.15) is 0 Å². The third kappa shape index (κ3) is 6.02. The van der Waals surface area contributed by atoms with Gasteiger partial charge >= 0.3 is 0 Å². The van der Waals surface area contributed by atoms with Gasteiger partial charge < -0.3 is 29.4 Å². The first kappa shape index (κ1) is 33.9. The molecular weight excluding hydrogens is 648 g/mol. The number of fused-ring (bicyclic) bond motifs is 1. The molecule has 0 saturated carbocycles. The largest absolute Gasteiger partial charge is 0.396 e. The zero-order chi connectivity index (χ0) is 33.0. The minimum absolute atomic E-state index is 0.136. The maximum Gasteiger partial charge on any atom is 0.253 e. The fourth-order valence-electron chi connectivity index (χ4n) is 7.61. The van der Waals surface area contributed by atoms with Crippen LogP contribution in [0.1, 0.15) is 32.3 Å². The van der Waals surface area contributed by atoms with E-state index < -0.39 is 29.6 Å². The van der Waals surface area contributed by atoms with E-state index in [9.17, 15) is 19.5 Å². The van der Waals surface area contributed by atoms with Gasteiger partial charge in [-0.1, -0.05) is 58.4 Å². The number of carbonyl (C=O) groups is 3. The Balaban J connectivity index is 1.52. The van der Waals surface area contributed by atoms with Gasteiger partial charge in [-0.05, 0) is 56.5 Å². The highest BCUT2D eigenvalue weighted by atomic mass is 79.9. The van der Waals surface area contributed by atoms with Crippen LogP contribution in [0.2, 0.25) is 0 Å². The van der Waals surface area contributed by atoms with Gasteiger partial charge in [0.05, 0.1) is 17.9 Å². The van der Waals surface area contributed by atoms with Crippen molar-refractivity contribution in [3.05, 3.63) is 85.5 Å². The zero-order valence-electron chi connectivity index (χ0n) is 26.8. The summed E-state index contributed by atoms with van der Waals surface area (Å²) in [6, 6.07) is 16.6. The van der Waals surface area contributed by atoms with E-state index in [1.807, 2.05) is 54.6 Å². The number of anilines is 2. The number of amides is 3. The summed E-state index contributed by atoms with van der Waals surface area (Å²) >= 11 is 3.78. The van der Waals surface area contributed by atoms with Crippen molar-refractivity contribution in [2.24, 2.45) is 11.8 Å². The monoisotopic (exact) mass is 692 g/mol. The molecule has 3 saturated heterocycles. The second-order valence-corrected chi connectivity index (χ2v) is 13.4. The van der Waals surface area contributed by atoms with E-state index in [0.29, 0.717) is 31.6 Å². The van der Waals surface area contributed by atoms with Crippen molar-refractivity contribution < 1.29 is 24.2 Å². The first-order valence-electron chi connectivity index (χ1n) is 16.2. The molecule has 3 amide bonds. The van der Waals surface area contributed by atoms with Gasteiger partial charge in [0.2, 0.25) is 11.8 Å². The van der Waals surface area contributed by atoms with Gasteiger partial charge in [0.25, 0.3) is 5.91 Å². The van der Waals surface area contributed by atoms with E-state index >= 15 is 0 Å². The molecule has 10 heteroatoms. The molecule has 5 rings (SSSR count). The lowest BCUT2D eigenvalue weighted by atomic mass is 9.70. The van der Waals surface area contributed by atoms with Crippen LogP contribution in [0.25, 0.3) is 0 Å². The Morgan fingerprint density at radius 1 is 1.02 bits per heavy atom. The Labute approximate surface area is 280 Å². The number of ether oxygens (including phenoxy) is 1. The molecule has 0 radical (unpaired) electrons. The fraction of sp³-hybridized carbons (Fsp3) is 0.472. The maximum absolute atomic E-state index is 14.8. The van der Waals surface area contributed by atoms with Crippen molar-refractivity contribution in [2.45, 2.75) is 55.8 Å². The Hall–Kier alpha value is -3.47. The van der Waals surface area contributed by atoms with Gasteiger partial charge in [-0.3, -0.25) is 14.4 Å². The summed E-state index contributed by atoms with van der Waals surface area (Å²) in [6.07, 6.45) is 3.50. The summed E-state index contributed by atoms with van der Waals surface area (Å²) in [6.45, 7) is 14.7. The average molecular weight is 694 g/mol. The van der Waals surface area contributed by atoms with Crippen LogP contribution in [0.15, 0.2) is 79.9 Å². The molecule has 3 aliphatic rings. The molecule has 2 aromatic rings. The molecule has 246 valence electrons. The van der Waals surface area contributed by atoms with E-state index in [4.69, 9.17) is 4.74 Å². The average Bonchev–Trinajstić information content (AvgIpc) is 3.66. The molecule has 2 aromatic carbocycles. The second kappa shape index (κ2) is 14.5. The Kier molecular flexibility index (Phi) is 10.7. The Morgan fingerprint density at radius 2 is 1.67 bits per heavy atom. The topological polar surface area (TPSA) is 93.6 Å². The predicted molar refractivity (Wildman–Crippen MR) is 184 cm³/mol. The highest BCUT2D eigenvalue weighted by molar-refractivity contribution is 9.09.